The largest absolute Gasteiger partial charge is 0.413 e. The number of benzene rings is 2. The molecular weight excluding hydrogens is 248 g/mol. The predicted octanol–water partition coefficient (Wildman–Crippen LogP) is 3.75. The molecule has 0 fully saturated rings. The van der Waals surface area contributed by atoms with Gasteiger partial charge in [-0.05, 0) is 36.7 Å². The van der Waals surface area contributed by atoms with Gasteiger partial charge in [-0.1, -0.05) is 60.7 Å². The second-order valence-electron chi connectivity index (χ2n) is 5.31. The molecule has 2 aromatic rings. The van der Waals surface area contributed by atoms with Crippen molar-refractivity contribution in [3.05, 3.63) is 66.2 Å². The third-order valence-corrected chi connectivity index (χ3v) is 6.03. The van der Waals surface area contributed by atoms with Crippen LogP contribution in [0, 0.1) is 0 Å². The molecule has 0 unspecified atom stereocenters. The van der Waals surface area contributed by atoms with Gasteiger partial charge in [0.15, 0.2) is 0 Å². The van der Waals surface area contributed by atoms with E-state index < -0.39 is 8.32 Å². The molecule has 0 saturated heterocycles. The molecule has 0 N–H and O–H groups in total. The van der Waals surface area contributed by atoms with E-state index in [0.717, 1.165) is 19.4 Å². The van der Waals surface area contributed by atoms with E-state index in [9.17, 15) is 0 Å². The molecule has 0 aliphatic heterocycles. The summed E-state index contributed by atoms with van der Waals surface area (Å²) >= 11 is 0. The fourth-order valence-corrected chi connectivity index (χ4v) is 3.99. The maximum atomic E-state index is 6.18. The molecule has 19 heavy (non-hydrogen) atoms. The second-order valence-corrected chi connectivity index (χ2v) is 9.20. The van der Waals surface area contributed by atoms with Gasteiger partial charge in [-0.25, -0.2) is 0 Å². The molecule has 0 spiro atoms. The van der Waals surface area contributed by atoms with E-state index in [1.165, 1.54) is 10.8 Å². The van der Waals surface area contributed by atoms with Crippen molar-refractivity contribution in [1.29, 1.82) is 0 Å². The van der Waals surface area contributed by atoms with Crippen LogP contribution in [0.25, 0.3) is 0 Å². The molecule has 0 aromatic heterocycles. The van der Waals surface area contributed by atoms with Gasteiger partial charge in [-0.15, -0.1) is 0 Å². The fraction of sp³-hybridized carbons (Fsp3) is 0.294. The predicted molar refractivity (Wildman–Crippen MR) is 84.3 cm³/mol. The van der Waals surface area contributed by atoms with Gasteiger partial charge in [0.2, 0.25) is 8.32 Å². The van der Waals surface area contributed by atoms with E-state index in [1.807, 2.05) is 0 Å². The molecule has 1 nitrogen and oxygen atoms in total. The Hall–Kier alpha value is -1.38. The molecule has 0 saturated carbocycles. The Morgan fingerprint density at radius 1 is 0.842 bits per heavy atom. The van der Waals surface area contributed by atoms with Crippen molar-refractivity contribution < 1.29 is 4.43 Å². The Morgan fingerprint density at radius 2 is 1.42 bits per heavy atom. The van der Waals surface area contributed by atoms with Crippen LogP contribution in [0.1, 0.15) is 12.0 Å². The normalized spacial score (nSPS) is 11.5. The number of rotatable bonds is 6. The Labute approximate surface area is 117 Å². The summed E-state index contributed by atoms with van der Waals surface area (Å²) in [5, 5.41) is 1.37. The molecule has 0 aliphatic rings. The molecule has 2 aromatic carbocycles. The van der Waals surface area contributed by atoms with Crippen LogP contribution in [0.15, 0.2) is 60.7 Å². The van der Waals surface area contributed by atoms with Crippen LogP contribution in [-0.2, 0) is 10.8 Å². The zero-order chi connectivity index (χ0) is 13.6. The summed E-state index contributed by atoms with van der Waals surface area (Å²) in [6.45, 7) is 5.39. The first-order valence-corrected chi connectivity index (χ1v) is 9.83. The standard InChI is InChI=1S/C17H22OSi/c1-19(2,17-13-7-4-8-14-17)18-15-9-12-16-10-5-3-6-11-16/h3-8,10-11,13-14H,9,12,15H2,1-2H3. The quantitative estimate of drug-likeness (QED) is 0.574. The smallest absolute Gasteiger partial charge is 0.218 e. The van der Waals surface area contributed by atoms with E-state index in [2.05, 4.69) is 73.8 Å². The van der Waals surface area contributed by atoms with E-state index in [1.54, 1.807) is 0 Å². The van der Waals surface area contributed by atoms with Crippen LogP contribution >= 0.6 is 0 Å². The summed E-state index contributed by atoms with van der Waals surface area (Å²) in [4.78, 5) is 0. The highest BCUT2D eigenvalue weighted by atomic mass is 28.4. The van der Waals surface area contributed by atoms with E-state index >= 15 is 0 Å². The summed E-state index contributed by atoms with van der Waals surface area (Å²) in [7, 11) is -1.72. The first-order valence-electron chi connectivity index (χ1n) is 6.92. The second kappa shape index (κ2) is 6.69. The highest BCUT2D eigenvalue weighted by Crippen LogP contribution is 2.08. The zero-order valence-electron chi connectivity index (χ0n) is 11.8. The molecule has 0 radical (unpaired) electrons. The third-order valence-electron chi connectivity index (χ3n) is 3.38. The van der Waals surface area contributed by atoms with Gasteiger partial charge in [-0.2, -0.15) is 0 Å². The van der Waals surface area contributed by atoms with Crippen LogP contribution in [0.5, 0.6) is 0 Å². The maximum absolute atomic E-state index is 6.18. The fourth-order valence-electron chi connectivity index (χ4n) is 2.17. The van der Waals surface area contributed by atoms with E-state index in [4.69, 9.17) is 4.43 Å². The monoisotopic (exact) mass is 270 g/mol. The Bertz CT molecular complexity index is 479. The minimum absolute atomic E-state index is 0.850. The van der Waals surface area contributed by atoms with E-state index in [-0.39, 0.29) is 0 Å². The van der Waals surface area contributed by atoms with Crippen molar-refractivity contribution in [1.82, 2.24) is 0 Å². The van der Waals surface area contributed by atoms with Gasteiger partial charge < -0.3 is 4.43 Å². The molecule has 2 rings (SSSR count). The maximum Gasteiger partial charge on any atom is 0.218 e. The third kappa shape index (κ3) is 4.34. The van der Waals surface area contributed by atoms with Crippen molar-refractivity contribution in [3.8, 4) is 0 Å². The van der Waals surface area contributed by atoms with Gasteiger partial charge in [0, 0.05) is 6.61 Å². The average molecular weight is 270 g/mol. The lowest BCUT2D eigenvalue weighted by molar-refractivity contribution is 0.309. The molecule has 0 heterocycles. The van der Waals surface area contributed by atoms with Crippen LogP contribution < -0.4 is 5.19 Å². The number of hydrogen-bond acceptors (Lipinski definition) is 1. The van der Waals surface area contributed by atoms with E-state index in [0.29, 0.717) is 0 Å². The first kappa shape index (κ1) is 14.0. The highest BCUT2D eigenvalue weighted by Gasteiger charge is 2.24. The van der Waals surface area contributed by atoms with Crippen LogP contribution in [0.2, 0.25) is 13.1 Å². The summed E-state index contributed by atoms with van der Waals surface area (Å²) in [5.74, 6) is 0. The summed E-state index contributed by atoms with van der Waals surface area (Å²) in [6.07, 6.45) is 2.19. The van der Waals surface area contributed by atoms with Gasteiger partial charge in [0.1, 0.15) is 0 Å². The van der Waals surface area contributed by atoms with Gasteiger partial charge in [0.05, 0.1) is 0 Å². The van der Waals surface area contributed by atoms with Gasteiger partial charge >= 0.3 is 0 Å². The van der Waals surface area contributed by atoms with Gasteiger partial charge in [-0.3, -0.25) is 0 Å². The zero-order valence-corrected chi connectivity index (χ0v) is 12.8. The molecule has 0 atom stereocenters. The van der Waals surface area contributed by atoms with Crippen molar-refractivity contribution in [2.75, 3.05) is 6.61 Å². The minimum atomic E-state index is -1.72. The summed E-state index contributed by atoms with van der Waals surface area (Å²) < 4.78 is 6.18. The Kier molecular flexibility index (Phi) is 4.94. The van der Waals surface area contributed by atoms with Crippen LogP contribution in [0.4, 0.5) is 0 Å². The molecular formula is C17H22OSi. The molecule has 100 valence electrons. The highest BCUT2D eigenvalue weighted by molar-refractivity contribution is 6.84. The molecule has 0 amide bonds. The SMILES string of the molecule is C[Si](C)(OCCCc1ccccc1)c1ccccc1. The topological polar surface area (TPSA) is 9.23 Å². The first-order chi connectivity index (χ1) is 9.18. The van der Waals surface area contributed by atoms with Crippen molar-refractivity contribution in [2.45, 2.75) is 25.9 Å². The Morgan fingerprint density at radius 3 is 2.05 bits per heavy atom. The molecule has 0 bridgehead atoms. The minimum Gasteiger partial charge on any atom is -0.413 e. The lowest BCUT2D eigenvalue weighted by Crippen LogP contribution is -2.44. The average Bonchev–Trinajstić information content (AvgIpc) is 2.46. The number of aryl methyl sites for hydroxylation is 1. The lowest BCUT2D eigenvalue weighted by Gasteiger charge is -2.23. The molecule has 0 aliphatic carbocycles. The van der Waals surface area contributed by atoms with Crippen molar-refractivity contribution in [3.63, 3.8) is 0 Å². The Balaban J connectivity index is 1.79. The van der Waals surface area contributed by atoms with Crippen molar-refractivity contribution >= 4 is 13.5 Å². The van der Waals surface area contributed by atoms with Gasteiger partial charge in [0.25, 0.3) is 0 Å². The summed E-state index contributed by atoms with van der Waals surface area (Å²) in [6, 6.07) is 21.2. The number of hydrogen-bond donors (Lipinski definition) is 0. The summed E-state index contributed by atoms with van der Waals surface area (Å²) in [5.41, 5.74) is 1.39. The van der Waals surface area contributed by atoms with Crippen molar-refractivity contribution in [2.24, 2.45) is 0 Å². The lowest BCUT2D eigenvalue weighted by atomic mass is 10.1. The van der Waals surface area contributed by atoms with Crippen LogP contribution in [-0.4, -0.2) is 14.9 Å². The molecule has 2 heteroatoms. The van der Waals surface area contributed by atoms with Crippen LogP contribution in [0.3, 0.4) is 0 Å².